The molecule has 0 amide bonds. The van der Waals surface area contributed by atoms with E-state index in [1.54, 1.807) is 18.2 Å². The average Bonchev–Trinajstić information content (AvgIpc) is 2.83. The summed E-state index contributed by atoms with van der Waals surface area (Å²) in [6.07, 6.45) is 0. The Kier molecular flexibility index (Phi) is 2.46. The quantitative estimate of drug-likeness (QED) is 0.675. The minimum atomic E-state index is -0.374. The van der Waals surface area contributed by atoms with E-state index in [4.69, 9.17) is 10.00 Å². The first-order valence-electron chi connectivity index (χ1n) is 5.77. The van der Waals surface area contributed by atoms with Crippen LogP contribution in [0.25, 0.3) is 21.8 Å². The molecule has 4 heteroatoms. The van der Waals surface area contributed by atoms with Gasteiger partial charge in [0.05, 0.1) is 24.3 Å². The zero-order chi connectivity index (χ0) is 13.4. The van der Waals surface area contributed by atoms with Crippen molar-refractivity contribution in [2.75, 3.05) is 7.11 Å². The maximum Gasteiger partial charge on any atom is 0.337 e. The zero-order valence-corrected chi connectivity index (χ0v) is 10.2. The van der Waals surface area contributed by atoms with Crippen molar-refractivity contribution in [1.29, 1.82) is 5.26 Å². The number of ether oxygens (including phenoxy) is 1. The predicted molar refractivity (Wildman–Crippen MR) is 71.9 cm³/mol. The van der Waals surface area contributed by atoms with Gasteiger partial charge >= 0.3 is 5.97 Å². The summed E-state index contributed by atoms with van der Waals surface area (Å²) in [7, 11) is 1.35. The molecule has 0 saturated heterocycles. The van der Waals surface area contributed by atoms with Gasteiger partial charge in [0, 0.05) is 21.8 Å². The van der Waals surface area contributed by atoms with Gasteiger partial charge < -0.3 is 9.72 Å². The fraction of sp³-hybridized carbons (Fsp3) is 0.0667. The van der Waals surface area contributed by atoms with Crippen LogP contribution in [0.2, 0.25) is 0 Å². The molecule has 0 radical (unpaired) electrons. The van der Waals surface area contributed by atoms with Crippen molar-refractivity contribution >= 4 is 27.8 Å². The van der Waals surface area contributed by atoms with E-state index in [0.29, 0.717) is 11.1 Å². The highest BCUT2D eigenvalue weighted by atomic mass is 16.5. The van der Waals surface area contributed by atoms with Crippen LogP contribution in [0, 0.1) is 11.3 Å². The highest BCUT2D eigenvalue weighted by Crippen LogP contribution is 2.28. The van der Waals surface area contributed by atoms with E-state index in [2.05, 4.69) is 11.1 Å². The molecule has 4 nitrogen and oxygen atoms in total. The van der Waals surface area contributed by atoms with Gasteiger partial charge in [0.15, 0.2) is 0 Å². The van der Waals surface area contributed by atoms with Crippen molar-refractivity contribution in [3.05, 3.63) is 47.5 Å². The molecule has 92 valence electrons. The standard InChI is InChI=1S/C15H10N2O2/c1-19-15(18)9-5-6-11-13(7-9)17-12-4-2-3-10(8-16)14(11)12/h2-7,17H,1H3. The van der Waals surface area contributed by atoms with Crippen molar-refractivity contribution < 1.29 is 9.53 Å². The van der Waals surface area contributed by atoms with E-state index in [1.807, 2.05) is 18.2 Å². The van der Waals surface area contributed by atoms with Gasteiger partial charge in [-0.15, -0.1) is 0 Å². The van der Waals surface area contributed by atoms with Gasteiger partial charge in [-0.2, -0.15) is 5.26 Å². The van der Waals surface area contributed by atoms with Crippen LogP contribution in [0.15, 0.2) is 36.4 Å². The molecular formula is C15H10N2O2. The van der Waals surface area contributed by atoms with Crippen LogP contribution in [-0.2, 0) is 4.74 Å². The topological polar surface area (TPSA) is 65.9 Å². The van der Waals surface area contributed by atoms with Crippen molar-refractivity contribution in [3.8, 4) is 6.07 Å². The van der Waals surface area contributed by atoms with Gasteiger partial charge in [0.25, 0.3) is 0 Å². The lowest BCUT2D eigenvalue weighted by Gasteiger charge is -1.99. The smallest absolute Gasteiger partial charge is 0.337 e. The van der Waals surface area contributed by atoms with Crippen molar-refractivity contribution in [2.24, 2.45) is 0 Å². The summed E-state index contributed by atoms with van der Waals surface area (Å²) >= 11 is 0. The van der Waals surface area contributed by atoms with E-state index in [0.717, 1.165) is 21.8 Å². The largest absolute Gasteiger partial charge is 0.465 e. The number of hydrogen-bond acceptors (Lipinski definition) is 3. The molecule has 0 fully saturated rings. The number of rotatable bonds is 1. The van der Waals surface area contributed by atoms with Crippen LogP contribution in [0.3, 0.4) is 0 Å². The Bertz CT molecular complexity index is 840. The number of nitriles is 1. The Morgan fingerprint density at radius 1 is 1.26 bits per heavy atom. The van der Waals surface area contributed by atoms with E-state index < -0.39 is 0 Å². The number of fused-ring (bicyclic) bond motifs is 3. The molecule has 0 unspecified atom stereocenters. The summed E-state index contributed by atoms with van der Waals surface area (Å²) in [5.41, 5.74) is 2.81. The van der Waals surface area contributed by atoms with Crippen LogP contribution in [0.1, 0.15) is 15.9 Å². The van der Waals surface area contributed by atoms with Gasteiger partial charge in [-0.3, -0.25) is 0 Å². The molecule has 0 aliphatic rings. The second-order valence-corrected chi connectivity index (χ2v) is 4.22. The number of carbonyl (C=O) groups is 1. The summed E-state index contributed by atoms with van der Waals surface area (Å²) < 4.78 is 4.70. The molecule has 0 atom stereocenters. The lowest BCUT2D eigenvalue weighted by Crippen LogP contribution is -2.00. The van der Waals surface area contributed by atoms with Crippen LogP contribution >= 0.6 is 0 Å². The molecule has 2 aromatic carbocycles. The summed E-state index contributed by atoms with van der Waals surface area (Å²) in [6, 6.07) is 13.0. The van der Waals surface area contributed by atoms with E-state index >= 15 is 0 Å². The van der Waals surface area contributed by atoms with E-state index in [-0.39, 0.29) is 5.97 Å². The van der Waals surface area contributed by atoms with Crippen molar-refractivity contribution in [3.63, 3.8) is 0 Å². The molecule has 0 spiro atoms. The molecule has 0 saturated carbocycles. The SMILES string of the molecule is COC(=O)c1ccc2c(c1)[nH]c1cccc(C#N)c12. The first-order chi connectivity index (χ1) is 9.24. The molecule has 1 aromatic heterocycles. The van der Waals surface area contributed by atoms with Crippen LogP contribution in [0.4, 0.5) is 0 Å². The van der Waals surface area contributed by atoms with Crippen molar-refractivity contribution in [1.82, 2.24) is 4.98 Å². The number of hydrogen-bond donors (Lipinski definition) is 1. The normalized spacial score (nSPS) is 10.5. The number of aromatic nitrogens is 1. The minimum Gasteiger partial charge on any atom is -0.465 e. The zero-order valence-electron chi connectivity index (χ0n) is 10.2. The Hall–Kier alpha value is -2.80. The number of methoxy groups -OCH3 is 1. The van der Waals surface area contributed by atoms with Crippen LogP contribution in [0.5, 0.6) is 0 Å². The number of nitrogens with one attached hydrogen (secondary N) is 1. The predicted octanol–water partition coefficient (Wildman–Crippen LogP) is 2.98. The first-order valence-corrected chi connectivity index (χ1v) is 5.77. The molecule has 0 bridgehead atoms. The van der Waals surface area contributed by atoms with Crippen LogP contribution in [-0.4, -0.2) is 18.1 Å². The second-order valence-electron chi connectivity index (χ2n) is 4.22. The molecule has 0 aliphatic heterocycles. The first kappa shape index (κ1) is 11.3. The monoisotopic (exact) mass is 250 g/mol. The second kappa shape index (κ2) is 4.14. The minimum absolute atomic E-state index is 0.374. The molecule has 3 rings (SSSR count). The lowest BCUT2D eigenvalue weighted by atomic mass is 10.1. The lowest BCUT2D eigenvalue weighted by molar-refractivity contribution is 0.0601. The van der Waals surface area contributed by atoms with Crippen LogP contribution < -0.4 is 0 Å². The third kappa shape index (κ3) is 1.64. The van der Waals surface area contributed by atoms with Gasteiger partial charge in [0.2, 0.25) is 0 Å². The number of H-pyrrole nitrogens is 1. The van der Waals surface area contributed by atoms with Gasteiger partial charge in [0.1, 0.15) is 0 Å². The number of carbonyl (C=O) groups excluding carboxylic acids is 1. The fourth-order valence-corrected chi connectivity index (χ4v) is 2.30. The highest BCUT2D eigenvalue weighted by Gasteiger charge is 2.11. The third-order valence-electron chi connectivity index (χ3n) is 3.16. The molecule has 19 heavy (non-hydrogen) atoms. The molecule has 0 aliphatic carbocycles. The molecule has 1 N–H and O–H groups in total. The van der Waals surface area contributed by atoms with Gasteiger partial charge in [-0.1, -0.05) is 12.1 Å². The fourth-order valence-electron chi connectivity index (χ4n) is 2.30. The third-order valence-corrected chi connectivity index (χ3v) is 3.16. The Labute approximate surface area is 109 Å². The van der Waals surface area contributed by atoms with Gasteiger partial charge in [-0.05, 0) is 24.3 Å². The molecule has 1 heterocycles. The Balaban J connectivity index is 2.36. The molecule has 3 aromatic rings. The Morgan fingerprint density at radius 2 is 2.11 bits per heavy atom. The number of nitrogens with zero attached hydrogens (tertiary/aromatic N) is 1. The highest BCUT2D eigenvalue weighted by molar-refractivity contribution is 6.11. The number of esters is 1. The molecular weight excluding hydrogens is 240 g/mol. The maximum atomic E-state index is 11.5. The summed E-state index contributed by atoms with van der Waals surface area (Å²) in [5.74, 6) is -0.374. The average molecular weight is 250 g/mol. The van der Waals surface area contributed by atoms with E-state index in [9.17, 15) is 4.79 Å². The summed E-state index contributed by atoms with van der Waals surface area (Å²) in [6.45, 7) is 0. The maximum absolute atomic E-state index is 11.5. The Morgan fingerprint density at radius 3 is 2.84 bits per heavy atom. The van der Waals surface area contributed by atoms with Gasteiger partial charge in [-0.25, -0.2) is 4.79 Å². The van der Waals surface area contributed by atoms with Crippen molar-refractivity contribution in [2.45, 2.75) is 0 Å². The number of benzene rings is 2. The summed E-state index contributed by atoms with van der Waals surface area (Å²) in [4.78, 5) is 14.7. The number of aromatic amines is 1. The van der Waals surface area contributed by atoms with E-state index in [1.165, 1.54) is 7.11 Å². The summed E-state index contributed by atoms with van der Waals surface area (Å²) in [5, 5.41) is 11.0.